The lowest BCUT2D eigenvalue weighted by Crippen LogP contribution is -2.30. The third-order valence-electron chi connectivity index (χ3n) is 13.5. The average molecular weight is 1140 g/mol. The molecule has 80 heavy (non-hydrogen) atoms. The Kier molecular flexibility index (Phi) is 58.7. The molecule has 0 spiro atoms. The molecule has 0 aliphatic rings. The molecule has 0 aromatic heterocycles. The molecule has 0 saturated heterocycles. The van der Waals surface area contributed by atoms with Gasteiger partial charge < -0.3 is 24.2 Å². The highest BCUT2D eigenvalue weighted by Crippen LogP contribution is 2.43. The zero-order valence-corrected chi connectivity index (χ0v) is 51.9. The molecular formula is C68H117O11P. The van der Waals surface area contributed by atoms with E-state index < -0.39 is 57.8 Å². The van der Waals surface area contributed by atoms with Gasteiger partial charge >= 0.3 is 25.7 Å². The van der Waals surface area contributed by atoms with Crippen molar-refractivity contribution in [3.05, 3.63) is 97.2 Å². The Labute approximate surface area is 489 Å². The summed E-state index contributed by atoms with van der Waals surface area (Å²) in [7, 11) is -4.77. The Morgan fingerprint density at radius 3 is 1.00 bits per heavy atom. The van der Waals surface area contributed by atoms with Crippen LogP contribution in [0.25, 0.3) is 0 Å². The summed E-state index contributed by atoms with van der Waals surface area (Å²) >= 11 is 0. The van der Waals surface area contributed by atoms with Crippen LogP contribution in [0.2, 0.25) is 0 Å². The van der Waals surface area contributed by atoms with E-state index in [1.54, 1.807) is 0 Å². The van der Waals surface area contributed by atoms with Gasteiger partial charge in [-0.2, -0.15) is 0 Å². The number of hydrogen-bond donors (Lipinski definition) is 2. The molecule has 0 aliphatic heterocycles. The first-order valence-corrected chi connectivity index (χ1v) is 33.6. The normalized spacial score (nSPS) is 13.9. The Hall–Kier alpha value is -3.60. The molecular weight excluding hydrogens is 1020 g/mol. The number of ether oxygens (including phenoxy) is 3. The van der Waals surface area contributed by atoms with Crippen molar-refractivity contribution in [2.75, 3.05) is 26.4 Å². The fourth-order valence-electron chi connectivity index (χ4n) is 8.58. The van der Waals surface area contributed by atoms with Gasteiger partial charge in [0.05, 0.1) is 19.8 Å². The molecule has 0 rings (SSSR count). The molecule has 0 amide bonds. The molecule has 0 bridgehead atoms. The average Bonchev–Trinajstić information content (AvgIpc) is 3.45. The van der Waals surface area contributed by atoms with Gasteiger partial charge in [0.15, 0.2) is 6.10 Å². The van der Waals surface area contributed by atoms with Crippen LogP contribution in [-0.4, -0.2) is 66.5 Å². The fourth-order valence-corrected chi connectivity index (χ4v) is 9.37. The summed E-state index contributed by atoms with van der Waals surface area (Å²) in [5, 5.41) is 9.86. The van der Waals surface area contributed by atoms with Crippen LogP contribution >= 0.6 is 7.82 Å². The van der Waals surface area contributed by atoms with Gasteiger partial charge in [0, 0.05) is 19.3 Å². The van der Waals surface area contributed by atoms with E-state index in [0.29, 0.717) is 19.3 Å². The number of aliphatic hydroxyl groups is 1. The number of phosphoric ester groups is 1. The van der Waals surface area contributed by atoms with Crippen LogP contribution in [0.1, 0.15) is 278 Å². The van der Waals surface area contributed by atoms with Crippen molar-refractivity contribution in [1.29, 1.82) is 0 Å². The summed E-state index contributed by atoms with van der Waals surface area (Å²) in [4.78, 5) is 48.8. The molecule has 12 heteroatoms. The van der Waals surface area contributed by atoms with Crippen molar-refractivity contribution in [3.63, 3.8) is 0 Å². The molecule has 3 atom stereocenters. The monoisotopic (exact) mass is 1140 g/mol. The van der Waals surface area contributed by atoms with Crippen LogP contribution in [0.5, 0.6) is 0 Å². The van der Waals surface area contributed by atoms with E-state index in [4.69, 9.17) is 23.3 Å². The number of hydrogen-bond acceptors (Lipinski definition) is 10. The van der Waals surface area contributed by atoms with Crippen molar-refractivity contribution < 1.29 is 52.2 Å². The third kappa shape index (κ3) is 59.0. The quantitative estimate of drug-likeness (QED) is 0.0197. The van der Waals surface area contributed by atoms with Gasteiger partial charge in [0.2, 0.25) is 0 Å². The Balaban J connectivity index is 4.74. The van der Waals surface area contributed by atoms with Gasteiger partial charge in [0.25, 0.3) is 0 Å². The molecule has 11 nitrogen and oxygen atoms in total. The zero-order chi connectivity index (χ0) is 58.3. The van der Waals surface area contributed by atoms with E-state index in [2.05, 4.69) is 118 Å². The fraction of sp³-hybridized carbons (Fsp3) is 0.721. The van der Waals surface area contributed by atoms with Gasteiger partial charge in [-0.1, -0.05) is 234 Å². The van der Waals surface area contributed by atoms with Crippen molar-refractivity contribution in [2.45, 2.75) is 290 Å². The largest absolute Gasteiger partial charge is 0.472 e. The van der Waals surface area contributed by atoms with Crippen molar-refractivity contribution in [2.24, 2.45) is 0 Å². The first-order chi connectivity index (χ1) is 39.2. The first kappa shape index (κ1) is 76.4. The van der Waals surface area contributed by atoms with E-state index in [1.165, 1.54) is 70.6 Å². The summed E-state index contributed by atoms with van der Waals surface area (Å²) in [6.45, 7) is 4.47. The number of aliphatic hydroxyl groups excluding tert-OH is 1. The van der Waals surface area contributed by atoms with E-state index in [1.807, 2.05) is 0 Å². The summed E-state index contributed by atoms with van der Waals surface area (Å²) in [5.74, 6) is -1.50. The number of esters is 3. The minimum absolute atomic E-state index is 0.149. The predicted molar refractivity (Wildman–Crippen MR) is 334 cm³/mol. The van der Waals surface area contributed by atoms with Gasteiger partial charge in [0.1, 0.15) is 12.7 Å². The molecule has 460 valence electrons. The molecule has 3 unspecified atom stereocenters. The number of carbonyl (C=O) groups is 3. The lowest BCUT2D eigenvalue weighted by molar-refractivity contribution is -0.161. The van der Waals surface area contributed by atoms with Crippen molar-refractivity contribution >= 4 is 25.7 Å². The maximum absolute atomic E-state index is 13.0. The number of allylic oxidation sites excluding steroid dienone is 16. The van der Waals surface area contributed by atoms with Crippen LogP contribution in [0.3, 0.4) is 0 Å². The van der Waals surface area contributed by atoms with E-state index in [9.17, 15) is 28.9 Å². The molecule has 0 aromatic rings. The molecule has 0 aliphatic carbocycles. The molecule has 0 heterocycles. The summed E-state index contributed by atoms with van der Waals surface area (Å²) in [6.07, 6.45) is 73.5. The molecule has 0 radical (unpaired) electrons. The highest BCUT2D eigenvalue weighted by Gasteiger charge is 2.28. The SMILES string of the molecule is CC/C=C\C/C=C\C/C=C\CCCCCCCCCC(=O)OC(COC(=O)CCCCCCCC/C=C\C/C=C\C/C=C\CCCCC)COP(=O)(O)OCC(CO)OC(=O)CCCCCCCCC/C=C\C/C=C\CCCCC. The first-order valence-electron chi connectivity index (χ1n) is 32.1. The van der Waals surface area contributed by atoms with Crippen LogP contribution < -0.4 is 0 Å². The smallest absolute Gasteiger partial charge is 0.462 e. The number of unbranched alkanes of at least 4 members (excludes halogenated alkanes) is 26. The summed E-state index contributed by atoms with van der Waals surface area (Å²) < 4.78 is 39.7. The second-order valence-electron chi connectivity index (χ2n) is 21.2. The van der Waals surface area contributed by atoms with Gasteiger partial charge in [-0.25, -0.2) is 4.57 Å². The van der Waals surface area contributed by atoms with Crippen LogP contribution in [0.15, 0.2) is 97.2 Å². The van der Waals surface area contributed by atoms with E-state index >= 15 is 0 Å². The van der Waals surface area contributed by atoms with Crippen molar-refractivity contribution in [3.8, 4) is 0 Å². The maximum atomic E-state index is 13.0. The molecule has 0 aromatic carbocycles. The number of carbonyl (C=O) groups excluding carboxylic acids is 3. The topological polar surface area (TPSA) is 155 Å². The van der Waals surface area contributed by atoms with Crippen molar-refractivity contribution in [1.82, 2.24) is 0 Å². The minimum atomic E-state index is -4.77. The molecule has 2 N–H and O–H groups in total. The summed E-state index contributed by atoms with van der Waals surface area (Å²) in [6, 6.07) is 0. The van der Waals surface area contributed by atoms with Gasteiger partial charge in [-0.05, 0) is 122 Å². The highest BCUT2D eigenvalue weighted by molar-refractivity contribution is 7.47. The standard InChI is InChI=1S/C68H117O11P/c1-4-7-10-13-16-19-22-25-28-31-32-35-36-39-42-45-48-51-54-57-66(70)75-61-65(79-68(72)59-56-53-50-47-44-41-38-34-30-27-24-21-18-15-12-9-6-3)63-77-80(73,74)76-62-64(60-69)78-67(71)58-55-52-49-46-43-40-37-33-29-26-23-20-17-14-11-8-5-2/h9,12,16-21,25-30,32,35,64-65,69H,4-8,10-11,13-15,22-24,31,33-34,36-63H2,1-3H3,(H,73,74)/b12-9-,19-16-,20-17-,21-18-,28-25-,29-26-,30-27-,35-32-. The third-order valence-corrected chi connectivity index (χ3v) is 14.4. The molecule has 0 saturated carbocycles. The lowest BCUT2D eigenvalue weighted by atomic mass is 10.1. The van der Waals surface area contributed by atoms with E-state index in [0.717, 1.165) is 148 Å². The second-order valence-corrected chi connectivity index (χ2v) is 22.6. The van der Waals surface area contributed by atoms with Crippen LogP contribution in [-0.2, 0) is 42.2 Å². The van der Waals surface area contributed by atoms with E-state index in [-0.39, 0.29) is 25.9 Å². The highest BCUT2D eigenvalue weighted by atomic mass is 31.2. The minimum Gasteiger partial charge on any atom is -0.462 e. The summed E-state index contributed by atoms with van der Waals surface area (Å²) in [5.41, 5.74) is 0. The number of phosphoric acid groups is 1. The predicted octanol–water partition coefficient (Wildman–Crippen LogP) is 19.6. The lowest BCUT2D eigenvalue weighted by Gasteiger charge is -2.21. The number of rotatable bonds is 59. The van der Waals surface area contributed by atoms with Gasteiger partial charge in [-0.15, -0.1) is 0 Å². The van der Waals surface area contributed by atoms with Crippen LogP contribution in [0, 0.1) is 0 Å². The second kappa shape index (κ2) is 61.5. The Bertz CT molecular complexity index is 1710. The zero-order valence-electron chi connectivity index (χ0n) is 51.0. The molecule has 0 fully saturated rings. The Morgan fingerprint density at radius 1 is 0.362 bits per heavy atom. The van der Waals surface area contributed by atoms with Gasteiger partial charge in [-0.3, -0.25) is 23.4 Å². The Morgan fingerprint density at radius 2 is 0.650 bits per heavy atom. The maximum Gasteiger partial charge on any atom is 0.472 e. The van der Waals surface area contributed by atoms with Crippen LogP contribution in [0.4, 0.5) is 0 Å².